The molecule has 1 aromatic heterocycles. The molecule has 2 aromatic carbocycles. The van der Waals surface area contributed by atoms with Crippen molar-refractivity contribution in [2.75, 3.05) is 50.9 Å². The lowest BCUT2D eigenvalue weighted by molar-refractivity contribution is 0.0376. The van der Waals surface area contributed by atoms with Crippen molar-refractivity contribution in [1.82, 2.24) is 9.88 Å². The number of rotatable bonds is 8. The molecule has 6 nitrogen and oxygen atoms in total. The number of nitrogens with zero attached hydrogens (tertiary/aromatic N) is 3. The molecule has 0 aliphatic carbocycles. The van der Waals surface area contributed by atoms with Crippen molar-refractivity contribution in [2.24, 2.45) is 0 Å². The average molecular weight is 460 g/mol. The van der Waals surface area contributed by atoms with Crippen molar-refractivity contribution in [3.8, 4) is 5.75 Å². The molecule has 2 heterocycles. The zero-order chi connectivity index (χ0) is 21.6. The molecule has 0 N–H and O–H groups in total. The number of fused-ring (bicyclic) bond motifs is 1. The van der Waals surface area contributed by atoms with Crippen LogP contribution in [0.5, 0.6) is 5.75 Å². The van der Waals surface area contributed by atoms with Gasteiger partial charge in [0.1, 0.15) is 5.75 Å². The third kappa shape index (κ3) is 5.54. The fourth-order valence-corrected chi connectivity index (χ4v) is 4.81. The van der Waals surface area contributed by atoms with E-state index in [-0.39, 0.29) is 5.91 Å². The van der Waals surface area contributed by atoms with Gasteiger partial charge < -0.3 is 9.47 Å². The van der Waals surface area contributed by atoms with E-state index in [4.69, 9.17) is 26.1 Å². The van der Waals surface area contributed by atoms with Crippen molar-refractivity contribution in [1.29, 1.82) is 0 Å². The summed E-state index contributed by atoms with van der Waals surface area (Å²) in [6.45, 7) is 7.48. The van der Waals surface area contributed by atoms with Gasteiger partial charge in [0.2, 0.25) is 0 Å². The molecule has 31 heavy (non-hydrogen) atoms. The lowest BCUT2D eigenvalue weighted by atomic mass is 10.2. The van der Waals surface area contributed by atoms with Crippen LogP contribution >= 0.6 is 22.9 Å². The monoisotopic (exact) mass is 459 g/mol. The summed E-state index contributed by atoms with van der Waals surface area (Å²) in [4.78, 5) is 22.3. The van der Waals surface area contributed by atoms with Crippen LogP contribution in [0.4, 0.5) is 5.13 Å². The third-order valence-electron chi connectivity index (χ3n) is 5.17. The first-order chi connectivity index (χ1) is 15.1. The van der Waals surface area contributed by atoms with Gasteiger partial charge in [-0.3, -0.25) is 14.6 Å². The van der Waals surface area contributed by atoms with Gasteiger partial charge in [0.15, 0.2) is 5.13 Å². The van der Waals surface area contributed by atoms with Gasteiger partial charge >= 0.3 is 0 Å². The van der Waals surface area contributed by atoms with Crippen LogP contribution < -0.4 is 9.64 Å². The minimum atomic E-state index is -0.0893. The minimum Gasteiger partial charge on any atom is -0.494 e. The first-order valence-electron chi connectivity index (χ1n) is 10.5. The molecule has 1 saturated heterocycles. The normalized spacial score (nSPS) is 14.6. The summed E-state index contributed by atoms with van der Waals surface area (Å²) in [7, 11) is 0. The Morgan fingerprint density at radius 2 is 2.10 bits per heavy atom. The Hall–Kier alpha value is -2.19. The maximum atomic E-state index is 13.4. The molecule has 1 fully saturated rings. The van der Waals surface area contributed by atoms with Gasteiger partial charge in [-0.15, -0.1) is 0 Å². The quantitative estimate of drug-likeness (QED) is 0.488. The summed E-state index contributed by atoms with van der Waals surface area (Å²) in [5, 5.41) is 1.24. The van der Waals surface area contributed by atoms with Crippen LogP contribution in [0.15, 0.2) is 42.5 Å². The average Bonchev–Trinajstić information content (AvgIpc) is 3.20. The number of benzene rings is 2. The Morgan fingerprint density at radius 1 is 1.26 bits per heavy atom. The number of hydrogen-bond donors (Lipinski definition) is 0. The predicted molar refractivity (Wildman–Crippen MR) is 126 cm³/mol. The first-order valence-corrected chi connectivity index (χ1v) is 11.7. The summed E-state index contributed by atoms with van der Waals surface area (Å²) in [5.74, 6) is 0.721. The Balaban J connectivity index is 1.57. The fourth-order valence-electron chi connectivity index (χ4n) is 3.60. The summed E-state index contributed by atoms with van der Waals surface area (Å²) >= 11 is 7.65. The highest BCUT2D eigenvalue weighted by atomic mass is 35.5. The Morgan fingerprint density at radius 3 is 2.87 bits per heavy atom. The highest BCUT2D eigenvalue weighted by Gasteiger charge is 2.22. The molecule has 0 unspecified atom stereocenters. The summed E-state index contributed by atoms with van der Waals surface area (Å²) in [6, 6.07) is 12.9. The van der Waals surface area contributed by atoms with Gasteiger partial charge in [-0.25, -0.2) is 4.98 Å². The van der Waals surface area contributed by atoms with Crippen molar-refractivity contribution < 1.29 is 14.3 Å². The zero-order valence-corrected chi connectivity index (χ0v) is 19.1. The Kier molecular flexibility index (Phi) is 7.40. The summed E-state index contributed by atoms with van der Waals surface area (Å²) < 4.78 is 12.0. The number of halogens is 1. The molecule has 1 aliphatic heterocycles. The van der Waals surface area contributed by atoms with E-state index in [0.717, 1.165) is 55.2 Å². The van der Waals surface area contributed by atoms with Crippen LogP contribution in [0.1, 0.15) is 23.7 Å². The number of anilines is 1. The highest BCUT2D eigenvalue weighted by molar-refractivity contribution is 7.22. The van der Waals surface area contributed by atoms with Crippen LogP contribution in [0.25, 0.3) is 10.2 Å². The number of aromatic nitrogens is 1. The SMILES string of the molecule is CCOc1ccc2nc(N(CCCN3CCOCC3)C(=O)c3cccc(Cl)c3)sc2c1. The molecule has 3 aromatic rings. The molecule has 1 aliphatic rings. The second-order valence-corrected chi connectivity index (χ2v) is 8.78. The van der Waals surface area contributed by atoms with Gasteiger partial charge in [0, 0.05) is 36.8 Å². The Bertz CT molecular complexity index is 1040. The molecule has 8 heteroatoms. The molecular weight excluding hydrogens is 434 g/mol. The van der Waals surface area contributed by atoms with Crippen LogP contribution in [-0.2, 0) is 4.74 Å². The van der Waals surface area contributed by atoms with E-state index in [2.05, 4.69) is 4.90 Å². The molecule has 164 valence electrons. The third-order valence-corrected chi connectivity index (χ3v) is 6.44. The van der Waals surface area contributed by atoms with Gasteiger partial charge in [0.05, 0.1) is 30.0 Å². The molecular formula is C23H26ClN3O3S. The van der Waals surface area contributed by atoms with E-state index in [1.807, 2.05) is 25.1 Å². The van der Waals surface area contributed by atoms with Gasteiger partial charge in [-0.2, -0.15) is 0 Å². The summed E-state index contributed by atoms with van der Waals surface area (Å²) in [5.41, 5.74) is 1.42. The van der Waals surface area contributed by atoms with E-state index in [1.165, 1.54) is 11.3 Å². The van der Waals surface area contributed by atoms with Crippen molar-refractivity contribution in [3.63, 3.8) is 0 Å². The van der Waals surface area contributed by atoms with E-state index < -0.39 is 0 Å². The number of carbonyl (C=O) groups is 1. The summed E-state index contributed by atoms with van der Waals surface area (Å²) in [6.07, 6.45) is 0.854. The minimum absolute atomic E-state index is 0.0893. The molecule has 1 amide bonds. The number of thiazole rings is 1. The number of amides is 1. The fraction of sp³-hybridized carbons (Fsp3) is 0.391. The largest absolute Gasteiger partial charge is 0.494 e. The van der Waals surface area contributed by atoms with Crippen LogP contribution in [-0.4, -0.2) is 61.8 Å². The first kappa shape index (κ1) is 22.0. The lowest BCUT2D eigenvalue weighted by Gasteiger charge is -2.27. The second-order valence-electron chi connectivity index (χ2n) is 7.33. The maximum absolute atomic E-state index is 13.4. The molecule has 0 radical (unpaired) electrons. The highest BCUT2D eigenvalue weighted by Crippen LogP contribution is 2.32. The maximum Gasteiger partial charge on any atom is 0.260 e. The van der Waals surface area contributed by atoms with E-state index >= 15 is 0 Å². The van der Waals surface area contributed by atoms with E-state index in [1.54, 1.807) is 29.2 Å². The molecule has 4 rings (SSSR count). The Labute approximate surface area is 191 Å². The molecule has 0 bridgehead atoms. The second kappa shape index (κ2) is 10.4. The predicted octanol–water partition coefficient (Wildman–Crippen LogP) is 4.72. The molecule has 0 spiro atoms. The smallest absolute Gasteiger partial charge is 0.260 e. The zero-order valence-electron chi connectivity index (χ0n) is 17.6. The van der Waals surface area contributed by atoms with Crippen LogP contribution in [0, 0.1) is 0 Å². The van der Waals surface area contributed by atoms with Crippen molar-refractivity contribution in [2.45, 2.75) is 13.3 Å². The molecule has 0 atom stereocenters. The topological polar surface area (TPSA) is 54.9 Å². The lowest BCUT2D eigenvalue weighted by Crippen LogP contribution is -2.39. The number of ether oxygens (including phenoxy) is 2. The van der Waals surface area contributed by atoms with Gasteiger partial charge in [-0.1, -0.05) is 29.0 Å². The van der Waals surface area contributed by atoms with Crippen LogP contribution in [0.3, 0.4) is 0 Å². The van der Waals surface area contributed by atoms with Crippen molar-refractivity contribution in [3.05, 3.63) is 53.1 Å². The number of carbonyl (C=O) groups excluding carboxylic acids is 1. The molecule has 0 saturated carbocycles. The number of morpholine rings is 1. The van der Waals surface area contributed by atoms with Crippen LogP contribution in [0.2, 0.25) is 5.02 Å². The van der Waals surface area contributed by atoms with Gasteiger partial charge in [0.25, 0.3) is 5.91 Å². The van der Waals surface area contributed by atoms with Gasteiger partial charge in [-0.05, 0) is 49.7 Å². The van der Waals surface area contributed by atoms with Crippen molar-refractivity contribution >= 4 is 44.2 Å². The number of hydrogen-bond acceptors (Lipinski definition) is 6. The standard InChI is InChI=1S/C23H26ClN3O3S/c1-2-30-19-7-8-20-21(16-19)31-23(25-20)27(10-4-9-26-11-13-29-14-12-26)22(28)17-5-3-6-18(24)15-17/h3,5-8,15-16H,2,4,9-14H2,1H3. The van der Waals surface area contributed by atoms with E-state index in [0.29, 0.717) is 28.9 Å². The van der Waals surface area contributed by atoms with E-state index in [9.17, 15) is 4.79 Å².